The number of rotatable bonds is 5. The number of hydrogen-bond donors (Lipinski definition) is 0. The van der Waals surface area contributed by atoms with Crippen molar-refractivity contribution in [2.45, 2.75) is 75.6 Å². The van der Waals surface area contributed by atoms with Gasteiger partial charge in [-0.1, -0.05) is 55.2 Å². The average molecular weight is 573 g/mol. The second kappa shape index (κ2) is 9.33. The van der Waals surface area contributed by atoms with Crippen LogP contribution in [0.25, 0.3) is 0 Å². The van der Waals surface area contributed by atoms with Crippen LogP contribution < -0.4 is 0 Å². The number of furan rings is 1. The zero-order chi connectivity index (χ0) is 28.5. The van der Waals surface area contributed by atoms with Gasteiger partial charge in [-0.3, -0.25) is 4.79 Å². The van der Waals surface area contributed by atoms with Gasteiger partial charge >= 0.3 is 5.97 Å². The van der Waals surface area contributed by atoms with Gasteiger partial charge in [0.2, 0.25) is 0 Å². The molecule has 5 rings (SSSR count). The van der Waals surface area contributed by atoms with Gasteiger partial charge in [0.25, 0.3) is 0 Å². The van der Waals surface area contributed by atoms with Crippen LogP contribution in [0.2, 0.25) is 10.0 Å². The number of esters is 1. The molecule has 1 aromatic heterocycles. The van der Waals surface area contributed by atoms with Crippen molar-refractivity contribution in [2.24, 2.45) is 0 Å². The first-order chi connectivity index (χ1) is 18.2. The van der Waals surface area contributed by atoms with E-state index in [1.165, 1.54) is 24.3 Å². The predicted octanol–water partition coefficient (Wildman–Crippen LogP) is 7.43. The number of benzene rings is 2. The Kier molecular flexibility index (Phi) is 6.61. The van der Waals surface area contributed by atoms with Gasteiger partial charge in [0.1, 0.15) is 34.6 Å². The smallest absolute Gasteiger partial charge is 0.325 e. The van der Waals surface area contributed by atoms with Gasteiger partial charge in [-0.2, -0.15) is 5.26 Å². The summed E-state index contributed by atoms with van der Waals surface area (Å²) < 4.78 is 43.4. The van der Waals surface area contributed by atoms with E-state index in [4.69, 9.17) is 32.4 Å². The standard InChI is InChI=1S/C30H28Cl2F2N2O3/c1-16-9-12-23(38-16)28(2,3)14-22-30(15-35,19-11-10-17(31)13-21(19)33)24(18-7-6-8-20(32)25(18)34)26-27(37)39-29(4,5)36(22)26/h6-13,22,24,26H,14H2,1-5H3/t22-,24-,26+,30-/m0/s1. The van der Waals surface area contributed by atoms with Crippen LogP contribution in [-0.4, -0.2) is 28.7 Å². The Labute approximate surface area is 236 Å². The molecule has 2 aliphatic rings. The van der Waals surface area contributed by atoms with Crippen LogP contribution in [0.15, 0.2) is 52.9 Å². The summed E-state index contributed by atoms with van der Waals surface area (Å²) >= 11 is 12.3. The molecule has 39 heavy (non-hydrogen) atoms. The number of fused-ring (bicyclic) bond motifs is 1. The monoisotopic (exact) mass is 572 g/mol. The lowest BCUT2D eigenvalue weighted by atomic mass is 9.62. The summed E-state index contributed by atoms with van der Waals surface area (Å²) in [6.07, 6.45) is 0.255. The third kappa shape index (κ3) is 4.16. The third-order valence-corrected chi connectivity index (χ3v) is 8.70. The Hall–Kier alpha value is -2.92. The highest BCUT2D eigenvalue weighted by Crippen LogP contribution is 2.60. The molecule has 0 spiro atoms. The molecule has 2 saturated heterocycles. The number of halogens is 4. The first-order valence-electron chi connectivity index (χ1n) is 12.6. The van der Waals surface area contributed by atoms with Crippen LogP contribution in [0.1, 0.15) is 62.7 Å². The average Bonchev–Trinajstić information content (AvgIpc) is 3.48. The molecule has 3 aromatic rings. The van der Waals surface area contributed by atoms with Gasteiger partial charge in [0, 0.05) is 28.0 Å². The Balaban J connectivity index is 1.84. The van der Waals surface area contributed by atoms with E-state index < -0.39 is 52.2 Å². The molecular formula is C30H28Cl2F2N2O3. The fourth-order valence-electron chi connectivity index (χ4n) is 6.54. The first kappa shape index (κ1) is 27.6. The largest absolute Gasteiger partial charge is 0.466 e. The Morgan fingerprint density at radius 2 is 1.85 bits per heavy atom. The van der Waals surface area contributed by atoms with Crippen molar-refractivity contribution in [1.29, 1.82) is 5.26 Å². The van der Waals surface area contributed by atoms with E-state index >= 15 is 8.78 Å². The van der Waals surface area contributed by atoms with Crippen molar-refractivity contribution in [3.63, 3.8) is 0 Å². The molecule has 2 aliphatic heterocycles. The van der Waals surface area contributed by atoms with E-state index in [1.54, 1.807) is 24.8 Å². The Morgan fingerprint density at radius 3 is 2.46 bits per heavy atom. The minimum Gasteiger partial charge on any atom is -0.466 e. The molecule has 0 N–H and O–H groups in total. The molecule has 0 unspecified atom stereocenters. The van der Waals surface area contributed by atoms with Crippen molar-refractivity contribution in [3.8, 4) is 6.07 Å². The van der Waals surface area contributed by atoms with Gasteiger partial charge in [-0.15, -0.1) is 0 Å². The molecule has 2 fully saturated rings. The van der Waals surface area contributed by atoms with Crippen molar-refractivity contribution in [1.82, 2.24) is 4.90 Å². The van der Waals surface area contributed by atoms with Crippen LogP contribution in [0.3, 0.4) is 0 Å². The lowest BCUT2D eigenvalue weighted by molar-refractivity contribution is -0.152. The number of nitriles is 1. The molecule has 3 heterocycles. The second-order valence-electron chi connectivity index (χ2n) is 11.5. The van der Waals surface area contributed by atoms with E-state index in [0.29, 0.717) is 5.76 Å². The van der Waals surface area contributed by atoms with Gasteiger partial charge in [0.05, 0.1) is 11.1 Å². The van der Waals surface area contributed by atoms with Crippen molar-refractivity contribution in [2.75, 3.05) is 0 Å². The molecule has 0 saturated carbocycles. The number of cyclic esters (lactones) is 1. The maximum atomic E-state index is 15.9. The molecule has 0 bridgehead atoms. The Bertz CT molecular complexity index is 1510. The minimum absolute atomic E-state index is 0.0215. The van der Waals surface area contributed by atoms with Gasteiger partial charge in [-0.05, 0) is 63.1 Å². The van der Waals surface area contributed by atoms with Crippen LogP contribution in [0, 0.1) is 29.9 Å². The zero-order valence-corrected chi connectivity index (χ0v) is 23.7. The minimum atomic E-state index is -1.74. The topological polar surface area (TPSA) is 66.5 Å². The van der Waals surface area contributed by atoms with Crippen molar-refractivity contribution in [3.05, 3.63) is 92.9 Å². The van der Waals surface area contributed by atoms with Crippen LogP contribution in [0.4, 0.5) is 8.78 Å². The van der Waals surface area contributed by atoms with Crippen LogP contribution in [0.5, 0.6) is 0 Å². The molecule has 204 valence electrons. The number of aryl methyl sites for hydroxylation is 1. The van der Waals surface area contributed by atoms with E-state index in [9.17, 15) is 10.1 Å². The van der Waals surface area contributed by atoms with E-state index in [0.717, 1.165) is 11.8 Å². The molecular weight excluding hydrogens is 545 g/mol. The normalized spacial score (nSPS) is 26.4. The summed E-state index contributed by atoms with van der Waals surface area (Å²) in [7, 11) is 0. The lowest BCUT2D eigenvalue weighted by Crippen LogP contribution is -2.53. The van der Waals surface area contributed by atoms with Crippen molar-refractivity contribution >= 4 is 29.2 Å². The molecule has 5 nitrogen and oxygen atoms in total. The number of hydrogen-bond acceptors (Lipinski definition) is 5. The fraction of sp³-hybridized carbons (Fsp3) is 0.400. The summed E-state index contributed by atoms with van der Waals surface area (Å²) in [6.45, 7) is 9.19. The highest BCUT2D eigenvalue weighted by atomic mass is 35.5. The highest BCUT2D eigenvalue weighted by molar-refractivity contribution is 6.31. The molecule has 4 atom stereocenters. The lowest BCUT2D eigenvalue weighted by Gasteiger charge is -2.43. The first-order valence-corrected chi connectivity index (χ1v) is 13.4. The summed E-state index contributed by atoms with van der Waals surface area (Å²) in [5, 5.41) is 11.1. The summed E-state index contributed by atoms with van der Waals surface area (Å²) in [6, 6.07) is 12.7. The van der Waals surface area contributed by atoms with Crippen molar-refractivity contribution < 1.29 is 22.7 Å². The summed E-state index contributed by atoms with van der Waals surface area (Å²) in [5.74, 6) is -1.87. The highest BCUT2D eigenvalue weighted by Gasteiger charge is 2.71. The molecule has 9 heteroatoms. The SMILES string of the molecule is Cc1ccc(C(C)(C)C[C@@H]2N3[C@@H](C(=O)OC3(C)C)[C@H](c3cccc(Cl)c3F)[C@@]2(C#N)c2ccc(Cl)cc2F)o1. The quantitative estimate of drug-likeness (QED) is 0.297. The number of nitrogens with zero attached hydrogens (tertiary/aromatic N) is 2. The summed E-state index contributed by atoms with van der Waals surface area (Å²) in [4.78, 5) is 15.3. The second-order valence-corrected chi connectivity index (χ2v) is 12.3. The molecule has 2 aromatic carbocycles. The van der Waals surface area contributed by atoms with Gasteiger partial charge in [-0.25, -0.2) is 13.7 Å². The van der Waals surface area contributed by atoms with Crippen LogP contribution >= 0.6 is 23.2 Å². The Morgan fingerprint density at radius 1 is 1.13 bits per heavy atom. The van der Waals surface area contributed by atoms with E-state index in [-0.39, 0.29) is 27.6 Å². The zero-order valence-electron chi connectivity index (χ0n) is 22.2. The van der Waals surface area contributed by atoms with E-state index in [2.05, 4.69) is 6.07 Å². The van der Waals surface area contributed by atoms with Crippen LogP contribution in [-0.2, 0) is 20.4 Å². The van der Waals surface area contributed by atoms with Gasteiger partial charge < -0.3 is 9.15 Å². The fourth-order valence-corrected chi connectivity index (χ4v) is 6.88. The number of carbonyl (C=O) groups excluding carboxylic acids is 1. The maximum absolute atomic E-state index is 15.9. The van der Waals surface area contributed by atoms with E-state index in [1.807, 2.05) is 32.9 Å². The number of carbonyl (C=O) groups is 1. The number of ether oxygens (including phenoxy) is 1. The van der Waals surface area contributed by atoms with Gasteiger partial charge in [0.15, 0.2) is 5.72 Å². The predicted molar refractivity (Wildman–Crippen MR) is 144 cm³/mol. The molecule has 0 aliphatic carbocycles. The maximum Gasteiger partial charge on any atom is 0.325 e. The summed E-state index contributed by atoms with van der Waals surface area (Å²) in [5.41, 5.74) is -3.51. The molecule has 0 amide bonds. The molecule has 0 radical (unpaired) electrons. The third-order valence-electron chi connectivity index (χ3n) is 8.17.